The highest BCUT2D eigenvalue weighted by Gasteiger charge is 2.37. The number of rotatable bonds is 3. The average molecular weight is 723 g/mol. The summed E-state index contributed by atoms with van der Waals surface area (Å²) >= 11 is 0. The number of benzene rings is 11. The molecule has 0 heteroatoms. The first-order valence-corrected chi connectivity index (χ1v) is 20.1. The van der Waals surface area contributed by atoms with Gasteiger partial charge in [-0.3, -0.25) is 0 Å². The summed E-state index contributed by atoms with van der Waals surface area (Å²) in [5.41, 5.74) is 13.0. The van der Waals surface area contributed by atoms with Crippen LogP contribution in [0.25, 0.3) is 109 Å². The summed E-state index contributed by atoms with van der Waals surface area (Å²) < 4.78 is 0. The van der Waals surface area contributed by atoms with Crippen LogP contribution in [0.3, 0.4) is 0 Å². The molecule has 0 amide bonds. The fraction of sp³-hybridized carbons (Fsp3) is 0.0526. The zero-order valence-electron chi connectivity index (χ0n) is 32.0. The fourth-order valence-electron chi connectivity index (χ4n) is 10.5. The van der Waals surface area contributed by atoms with Crippen molar-refractivity contribution in [2.24, 2.45) is 0 Å². The molecule has 0 spiro atoms. The maximum absolute atomic E-state index is 2.44. The van der Waals surface area contributed by atoms with E-state index in [1.807, 2.05) is 0 Å². The van der Waals surface area contributed by atoms with Crippen LogP contribution in [-0.4, -0.2) is 0 Å². The Morgan fingerprint density at radius 3 is 1.54 bits per heavy atom. The summed E-state index contributed by atoms with van der Waals surface area (Å²) in [4.78, 5) is 0. The maximum atomic E-state index is 2.44. The largest absolute Gasteiger partial charge is 0.0616 e. The van der Waals surface area contributed by atoms with Crippen LogP contribution >= 0.6 is 0 Å². The predicted molar refractivity (Wildman–Crippen MR) is 245 cm³/mol. The highest BCUT2D eigenvalue weighted by molar-refractivity contribution is 6.28. The Labute approximate surface area is 332 Å². The van der Waals surface area contributed by atoms with Crippen molar-refractivity contribution in [3.63, 3.8) is 0 Å². The summed E-state index contributed by atoms with van der Waals surface area (Å²) in [5, 5.41) is 15.5. The summed E-state index contributed by atoms with van der Waals surface area (Å²) in [6, 6.07) is 72.7. The second kappa shape index (κ2) is 12.0. The van der Waals surface area contributed by atoms with Crippen LogP contribution in [0, 0.1) is 0 Å². The molecule has 0 atom stereocenters. The van der Waals surface area contributed by atoms with E-state index in [0.29, 0.717) is 0 Å². The summed E-state index contributed by atoms with van der Waals surface area (Å²) in [6.45, 7) is 4.76. The van der Waals surface area contributed by atoms with Crippen LogP contribution < -0.4 is 0 Å². The first-order valence-electron chi connectivity index (χ1n) is 20.1. The predicted octanol–water partition coefficient (Wildman–Crippen LogP) is 15.9. The van der Waals surface area contributed by atoms with Crippen LogP contribution in [0.15, 0.2) is 194 Å². The quantitative estimate of drug-likeness (QED) is 0.126. The molecule has 0 fully saturated rings. The number of hydrogen-bond acceptors (Lipinski definition) is 0. The van der Waals surface area contributed by atoms with Crippen molar-refractivity contribution in [3.8, 4) is 44.5 Å². The van der Waals surface area contributed by atoms with Gasteiger partial charge in [0.15, 0.2) is 0 Å². The van der Waals surface area contributed by atoms with Gasteiger partial charge < -0.3 is 0 Å². The van der Waals surface area contributed by atoms with Crippen molar-refractivity contribution >= 4 is 64.6 Å². The molecule has 11 aromatic carbocycles. The third-order valence-corrected chi connectivity index (χ3v) is 13.0. The zero-order chi connectivity index (χ0) is 37.8. The molecule has 0 radical (unpaired) electrons. The van der Waals surface area contributed by atoms with Crippen LogP contribution in [0.2, 0.25) is 0 Å². The Morgan fingerprint density at radius 2 is 0.825 bits per heavy atom. The minimum atomic E-state index is -0.0738. The molecule has 0 heterocycles. The lowest BCUT2D eigenvalue weighted by Crippen LogP contribution is -2.15. The molecule has 0 aromatic heterocycles. The summed E-state index contributed by atoms with van der Waals surface area (Å²) in [6.07, 6.45) is 0. The van der Waals surface area contributed by atoms with Gasteiger partial charge in [0, 0.05) is 5.41 Å². The molecule has 11 aromatic rings. The molecule has 0 nitrogen and oxygen atoms in total. The minimum Gasteiger partial charge on any atom is -0.0616 e. The van der Waals surface area contributed by atoms with E-state index in [0.717, 1.165) is 0 Å². The molecular weight excluding hydrogens is 685 g/mol. The summed E-state index contributed by atoms with van der Waals surface area (Å²) in [5.74, 6) is 0. The second-order valence-corrected chi connectivity index (χ2v) is 16.4. The van der Waals surface area contributed by atoms with Gasteiger partial charge in [-0.15, -0.1) is 0 Å². The molecule has 0 saturated carbocycles. The lowest BCUT2D eigenvalue weighted by Gasteiger charge is -2.23. The topological polar surface area (TPSA) is 0 Å². The molecule has 0 N–H and O–H groups in total. The van der Waals surface area contributed by atoms with Crippen molar-refractivity contribution in [2.75, 3.05) is 0 Å². The molecule has 57 heavy (non-hydrogen) atoms. The SMILES string of the molecule is CC1(C)c2ccc(-c3cccc(-c4c5ccccc5c(-c5cc6ccc7ccccc7c6c6ccccc56)c5ccccc45)c3)cc2-c2ccc3ccccc3c21. The van der Waals surface area contributed by atoms with Gasteiger partial charge in [-0.1, -0.05) is 190 Å². The molecule has 0 saturated heterocycles. The third kappa shape index (κ3) is 4.62. The third-order valence-electron chi connectivity index (χ3n) is 13.0. The lowest BCUT2D eigenvalue weighted by atomic mass is 9.80. The van der Waals surface area contributed by atoms with E-state index < -0.39 is 0 Å². The van der Waals surface area contributed by atoms with Crippen LogP contribution in [-0.2, 0) is 5.41 Å². The van der Waals surface area contributed by atoms with E-state index in [2.05, 4.69) is 208 Å². The normalized spacial score (nSPS) is 13.2. The van der Waals surface area contributed by atoms with E-state index in [-0.39, 0.29) is 5.41 Å². The zero-order valence-corrected chi connectivity index (χ0v) is 32.0. The lowest BCUT2D eigenvalue weighted by molar-refractivity contribution is 0.666. The van der Waals surface area contributed by atoms with Crippen molar-refractivity contribution in [1.82, 2.24) is 0 Å². The average Bonchev–Trinajstić information content (AvgIpc) is 3.50. The van der Waals surface area contributed by atoms with Crippen molar-refractivity contribution in [3.05, 3.63) is 205 Å². The first kappa shape index (κ1) is 32.2. The summed E-state index contributed by atoms with van der Waals surface area (Å²) in [7, 11) is 0. The number of fused-ring (bicyclic) bond motifs is 12. The van der Waals surface area contributed by atoms with E-state index in [1.54, 1.807) is 0 Å². The minimum absolute atomic E-state index is 0.0738. The van der Waals surface area contributed by atoms with Gasteiger partial charge in [0.2, 0.25) is 0 Å². The Hall–Kier alpha value is -7.02. The standard InChI is InChI=1S/C57H38/c1-57(2)52-31-29-38(33-50(52)49-30-28-36-15-4-6-19-42(36)56(49)57)37-16-13-17-39(32-37)54-45-22-9-11-24-47(45)55(48-25-12-10-23-46(48)54)51-34-40-27-26-35-14-3-5-18-41(35)53(40)44-21-8-7-20-43(44)51/h3-34H,1-2H3. The highest BCUT2D eigenvalue weighted by Crippen LogP contribution is 2.53. The molecule has 1 aliphatic carbocycles. The van der Waals surface area contributed by atoms with Gasteiger partial charge >= 0.3 is 0 Å². The highest BCUT2D eigenvalue weighted by atomic mass is 14.4. The molecule has 0 aliphatic heterocycles. The van der Waals surface area contributed by atoms with Crippen LogP contribution in [0.1, 0.15) is 25.0 Å². The molecule has 0 unspecified atom stereocenters. The Kier molecular flexibility index (Phi) is 6.78. The molecular formula is C57H38. The molecule has 0 bridgehead atoms. The molecule has 266 valence electrons. The Bertz CT molecular complexity index is 3430. The second-order valence-electron chi connectivity index (χ2n) is 16.4. The van der Waals surface area contributed by atoms with Gasteiger partial charge in [-0.2, -0.15) is 0 Å². The van der Waals surface area contributed by atoms with Gasteiger partial charge in [0.1, 0.15) is 0 Å². The molecule has 12 rings (SSSR count). The van der Waals surface area contributed by atoms with E-state index in [9.17, 15) is 0 Å². The van der Waals surface area contributed by atoms with E-state index in [4.69, 9.17) is 0 Å². The van der Waals surface area contributed by atoms with Crippen molar-refractivity contribution in [1.29, 1.82) is 0 Å². The van der Waals surface area contributed by atoms with Gasteiger partial charge in [0.25, 0.3) is 0 Å². The van der Waals surface area contributed by atoms with Crippen molar-refractivity contribution < 1.29 is 0 Å². The van der Waals surface area contributed by atoms with E-state index in [1.165, 1.54) is 120 Å². The van der Waals surface area contributed by atoms with Gasteiger partial charge in [0.05, 0.1) is 0 Å². The van der Waals surface area contributed by atoms with E-state index >= 15 is 0 Å². The fourth-order valence-corrected chi connectivity index (χ4v) is 10.5. The van der Waals surface area contributed by atoms with Gasteiger partial charge in [-0.05, 0) is 138 Å². The number of hydrogen-bond donors (Lipinski definition) is 0. The van der Waals surface area contributed by atoms with Crippen molar-refractivity contribution in [2.45, 2.75) is 19.3 Å². The maximum Gasteiger partial charge on any atom is 0.0165 e. The first-order chi connectivity index (χ1) is 28.0. The van der Waals surface area contributed by atoms with Gasteiger partial charge in [-0.25, -0.2) is 0 Å². The van der Waals surface area contributed by atoms with Crippen LogP contribution in [0.4, 0.5) is 0 Å². The smallest absolute Gasteiger partial charge is 0.0165 e. The Morgan fingerprint density at radius 1 is 0.298 bits per heavy atom. The monoisotopic (exact) mass is 722 g/mol. The van der Waals surface area contributed by atoms with Crippen LogP contribution in [0.5, 0.6) is 0 Å². The Balaban J connectivity index is 1.07. The molecule has 1 aliphatic rings.